The Hall–Kier alpha value is -3.27. The zero-order valence-corrected chi connectivity index (χ0v) is 31.9. The van der Waals surface area contributed by atoms with Gasteiger partial charge in [-0.25, -0.2) is 8.42 Å². The number of amides is 1. The second-order valence-corrected chi connectivity index (χ2v) is 21.6. The molecule has 0 radical (unpaired) electrons. The number of sulfone groups is 1. The highest BCUT2D eigenvalue weighted by atomic mass is 32.2. The molecule has 0 unspecified atom stereocenters. The minimum atomic E-state index is -3.46. The summed E-state index contributed by atoms with van der Waals surface area (Å²) in [7, 11) is -4.94. The minimum Gasteiger partial charge on any atom is -0.469 e. The van der Waals surface area contributed by atoms with Crippen molar-refractivity contribution in [1.29, 1.82) is 0 Å². The summed E-state index contributed by atoms with van der Waals surface area (Å²) in [6.45, 7) is 14.2. The van der Waals surface area contributed by atoms with Crippen LogP contribution in [-0.2, 0) is 40.4 Å². The van der Waals surface area contributed by atoms with Gasteiger partial charge in [0.2, 0.25) is 5.91 Å². The van der Waals surface area contributed by atoms with Crippen molar-refractivity contribution in [2.24, 2.45) is 17.1 Å². The van der Waals surface area contributed by atoms with Crippen molar-refractivity contribution >= 4 is 40.4 Å². The molecule has 0 heterocycles. The number of hydrogen-bond acceptors (Lipinski definition) is 6. The van der Waals surface area contributed by atoms with Gasteiger partial charge in [-0.05, 0) is 58.1 Å². The molecule has 262 valence electrons. The maximum atomic E-state index is 13.6. The molecule has 0 saturated carbocycles. The van der Waals surface area contributed by atoms with Crippen LogP contribution < -0.4 is 16.1 Å². The predicted octanol–water partition coefficient (Wildman–Crippen LogP) is 5.97. The van der Waals surface area contributed by atoms with Crippen molar-refractivity contribution in [3.63, 3.8) is 0 Å². The van der Waals surface area contributed by atoms with Crippen LogP contribution in [0.25, 0.3) is 0 Å². The van der Waals surface area contributed by atoms with E-state index in [9.17, 15) is 18.0 Å². The third kappa shape index (κ3) is 9.67. The summed E-state index contributed by atoms with van der Waals surface area (Å²) in [5.41, 5.74) is 6.21. The van der Waals surface area contributed by atoms with Crippen LogP contribution in [0.4, 0.5) is 0 Å². The maximum absolute atomic E-state index is 13.6. The van der Waals surface area contributed by atoms with Crippen LogP contribution in [-0.4, -0.2) is 53.8 Å². The Labute approximate surface area is 289 Å². The Kier molecular flexibility index (Phi) is 13.0. The first-order chi connectivity index (χ1) is 22.4. The molecule has 3 aromatic carbocycles. The van der Waals surface area contributed by atoms with Gasteiger partial charge in [0, 0.05) is 6.61 Å². The molecule has 9 heteroatoms. The molecule has 0 aromatic heterocycles. The van der Waals surface area contributed by atoms with Gasteiger partial charge >= 0.3 is 5.97 Å². The molecule has 1 amide bonds. The molecule has 0 bridgehead atoms. The monoisotopic (exact) mass is 693 g/mol. The van der Waals surface area contributed by atoms with E-state index in [1.165, 1.54) is 7.11 Å². The summed E-state index contributed by atoms with van der Waals surface area (Å²) in [4.78, 5) is 24.8. The number of rotatable bonds is 17. The lowest BCUT2D eigenvalue weighted by atomic mass is 9.75. The predicted molar refractivity (Wildman–Crippen MR) is 198 cm³/mol. The highest BCUT2D eigenvalue weighted by Crippen LogP contribution is 2.37. The Morgan fingerprint density at radius 1 is 0.833 bits per heavy atom. The van der Waals surface area contributed by atoms with Crippen LogP contribution in [0.2, 0.25) is 5.04 Å². The number of esters is 1. The van der Waals surface area contributed by atoms with Gasteiger partial charge in [0.15, 0.2) is 9.84 Å². The summed E-state index contributed by atoms with van der Waals surface area (Å²) in [6.07, 6.45) is 2.17. The highest BCUT2D eigenvalue weighted by Gasteiger charge is 2.50. The van der Waals surface area contributed by atoms with E-state index in [0.717, 1.165) is 21.5 Å². The molecular formula is C39H55NO6SSi. The van der Waals surface area contributed by atoms with Gasteiger partial charge in [-0.2, -0.15) is 0 Å². The molecule has 3 rings (SSSR count). The van der Waals surface area contributed by atoms with Gasteiger partial charge in [0.25, 0.3) is 8.32 Å². The molecule has 0 aliphatic rings. The zero-order chi connectivity index (χ0) is 35.8. The smallest absolute Gasteiger partial charge is 0.308 e. The van der Waals surface area contributed by atoms with Crippen LogP contribution in [0.15, 0.2) is 84.9 Å². The standard InChI is InChI=1S/C39H55NO6SSi/c1-30(35(41)45-8)27-31-17-15-18-32(28-31)39(7,36(40)42)24-16-23-38(5,6)29-47(43,44)26-25-46-48(37(2,3)4,33-19-11-9-12-20-33)34-21-13-10-14-22-34/h9-15,17-22,28,30H,16,23-27,29H2,1-8H3,(H2,40,42)/t30-,39+/m0/s1. The molecule has 7 nitrogen and oxygen atoms in total. The van der Waals surface area contributed by atoms with Gasteiger partial charge in [-0.1, -0.05) is 133 Å². The lowest BCUT2D eigenvalue weighted by Crippen LogP contribution is -2.66. The van der Waals surface area contributed by atoms with Crippen LogP contribution in [0.5, 0.6) is 0 Å². The number of primary amides is 1. The van der Waals surface area contributed by atoms with E-state index >= 15 is 0 Å². The first-order valence-corrected chi connectivity index (χ1v) is 20.5. The van der Waals surface area contributed by atoms with E-state index in [2.05, 4.69) is 45.0 Å². The van der Waals surface area contributed by atoms with Gasteiger partial charge in [-0.15, -0.1) is 0 Å². The molecule has 0 spiro atoms. The first-order valence-electron chi connectivity index (χ1n) is 16.8. The van der Waals surface area contributed by atoms with E-state index in [-0.39, 0.29) is 35.0 Å². The lowest BCUT2D eigenvalue weighted by Gasteiger charge is -2.43. The minimum absolute atomic E-state index is 0.0122. The third-order valence-corrected chi connectivity index (χ3v) is 16.6. The van der Waals surface area contributed by atoms with Crippen LogP contribution in [0.3, 0.4) is 0 Å². The topological polar surface area (TPSA) is 113 Å². The third-order valence-electron chi connectivity index (χ3n) is 9.52. The largest absolute Gasteiger partial charge is 0.469 e. The van der Waals surface area contributed by atoms with E-state index in [0.29, 0.717) is 25.7 Å². The number of carbonyl (C=O) groups excluding carboxylic acids is 2. The van der Waals surface area contributed by atoms with E-state index in [1.807, 2.05) is 88.4 Å². The number of nitrogens with two attached hydrogens (primary N) is 1. The summed E-state index contributed by atoms with van der Waals surface area (Å²) in [5.74, 6) is -1.10. The molecule has 2 atom stereocenters. The van der Waals surface area contributed by atoms with Crippen molar-refractivity contribution in [3.8, 4) is 0 Å². The van der Waals surface area contributed by atoms with E-state index in [1.54, 1.807) is 0 Å². The second-order valence-electron chi connectivity index (χ2n) is 15.1. The molecule has 0 aliphatic heterocycles. The molecule has 0 fully saturated rings. The fourth-order valence-electron chi connectivity index (χ4n) is 6.83. The fraction of sp³-hybridized carbons (Fsp3) is 0.487. The quantitative estimate of drug-likeness (QED) is 0.138. The number of carbonyl (C=O) groups is 2. The maximum Gasteiger partial charge on any atom is 0.308 e. The van der Waals surface area contributed by atoms with E-state index < -0.39 is 34.9 Å². The number of hydrogen-bond donors (Lipinski definition) is 1. The van der Waals surface area contributed by atoms with Crippen molar-refractivity contribution in [2.45, 2.75) is 84.6 Å². The lowest BCUT2D eigenvalue weighted by molar-refractivity contribution is -0.144. The van der Waals surface area contributed by atoms with Crippen molar-refractivity contribution in [2.75, 3.05) is 25.2 Å². The SMILES string of the molecule is COC(=O)[C@@H](C)Cc1cccc([C@@](C)(CCCC(C)(C)CS(=O)(=O)CCO[Si](c2ccccc2)(c2ccccc2)C(C)(C)C)C(N)=O)c1. The number of ether oxygens (including phenoxy) is 1. The molecule has 0 saturated heterocycles. The van der Waals surface area contributed by atoms with Crippen molar-refractivity contribution in [1.82, 2.24) is 0 Å². The highest BCUT2D eigenvalue weighted by molar-refractivity contribution is 7.91. The van der Waals surface area contributed by atoms with Gasteiger partial charge in [0.05, 0.1) is 29.9 Å². The molecule has 2 N–H and O–H groups in total. The summed E-state index contributed by atoms with van der Waals surface area (Å²) >= 11 is 0. The van der Waals surface area contributed by atoms with Crippen molar-refractivity contribution in [3.05, 3.63) is 96.1 Å². The summed E-state index contributed by atoms with van der Waals surface area (Å²) < 4.78 is 38.9. The fourth-order valence-corrected chi connectivity index (χ4v) is 13.4. The second kappa shape index (κ2) is 16.0. The Balaban J connectivity index is 1.70. The first kappa shape index (κ1) is 39.2. The number of benzene rings is 3. The average molecular weight is 694 g/mol. The van der Waals surface area contributed by atoms with Crippen LogP contribution in [0, 0.1) is 11.3 Å². The van der Waals surface area contributed by atoms with Gasteiger partial charge in [-0.3, -0.25) is 9.59 Å². The Morgan fingerprint density at radius 2 is 1.40 bits per heavy atom. The Bertz CT molecular complexity index is 1580. The number of methoxy groups -OCH3 is 1. The normalized spacial score (nSPS) is 14.6. The van der Waals surface area contributed by atoms with Crippen LogP contribution >= 0.6 is 0 Å². The van der Waals surface area contributed by atoms with Crippen LogP contribution in [0.1, 0.15) is 78.9 Å². The molecular weight excluding hydrogens is 639 g/mol. The Morgan fingerprint density at radius 3 is 1.90 bits per heavy atom. The molecule has 48 heavy (non-hydrogen) atoms. The van der Waals surface area contributed by atoms with Gasteiger partial charge in [0.1, 0.15) is 0 Å². The summed E-state index contributed by atoms with van der Waals surface area (Å²) in [5, 5.41) is 1.98. The summed E-state index contributed by atoms with van der Waals surface area (Å²) in [6, 6.07) is 28.0. The van der Waals surface area contributed by atoms with Crippen molar-refractivity contribution < 1.29 is 27.2 Å². The molecule has 3 aromatic rings. The van der Waals surface area contributed by atoms with E-state index in [4.69, 9.17) is 14.9 Å². The zero-order valence-electron chi connectivity index (χ0n) is 30.0. The average Bonchev–Trinajstić information content (AvgIpc) is 3.02. The molecule has 0 aliphatic carbocycles. The van der Waals surface area contributed by atoms with Gasteiger partial charge < -0.3 is 14.9 Å².